The van der Waals surface area contributed by atoms with Gasteiger partial charge in [-0.2, -0.15) is 9.36 Å². The molecule has 1 aliphatic rings. The summed E-state index contributed by atoms with van der Waals surface area (Å²) >= 11 is 2.51. The smallest absolute Gasteiger partial charge is 0.308 e. The molecule has 1 fully saturated rings. The van der Waals surface area contributed by atoms with E-state index in [-0.39, 0.29) is 18.9 Å². The van der Waals surface area contributed by atoms with Crippen LogP contribution in [0.5, 0.6) is 0 Å². The number of hydrogen-bond acceptors (Lipinski definition) is 6. The van der Waals surface area contributed by atoms with Gasteiger partial charge in [0, 0.05) is 24.5 Å². The molecule has 0 saturated carbocycles. The minimum Gasteiger partial charge on any atom is -0.481 e. The Bertz CT molecular complexity index is 434. The number of hydrogen-bond donors (Lipinski definition) is 1. The highest BCUT2D eigenvalue weighted by Crippen LogP contribution is 2.28. The van der Waals surface area contributed by atoms with Crippen molar-refractivity contribution in [2.45, 2.75) is 11.6 Å². The summed E-state index contributed by atoms with van der Waals surface area (Å²) in [5.41, 5.74) is 0. The van der Waals surface area contributed by atoms with Gasteiger partial charge >= 0.3 is 5.97 Å². The first-order chi connectivity index (χ1) is 7.61. The van der Waals surface area contributed by atoms with Crippen LogP contribution in [0, 0.1) is 5.92 Å². The van der Waals surface area contributed by atoms with Crippen LogP contribution in [0.2, 0.25) is 0 Å². The Kier molecular flexibility index (Phi) is 3.10. The Morgan fingerprint density at radius 1 is 1.69 bits per heavy atom. The molecule has 86 valence electrons. The fourth-order valence-electron chi connectivity index (χ4n) is 1.45. The summed E-state index contributed by atoms with van der Waals surface area (Å²) in [6.45, 7) is 0.192. The molecule has 0 aromatic carbocycles. The van der Waals surface area contributed by atoms with Gasteiger partial charge in [0.25, 0.3) is 0 Å². The number of amides is 1. The van der Waals surface area contributed by atoms with Crippen molar-refractivity contribution in [3.05, 3.63) is 0 Å². The van der Waals surface area contributed by atoms with E-state index in [1.54, 1.807) is 0 Å². The first-order valence-corrected chi connectivity index (χ1v) is 6.52. The van der Waals surface area contributed by atoms with Gasteiger partial charge in [0.15, 0.2) is 0 Å². The fourth-order valence-corrected chi connectivity index (χ4v) is 2.70. The molecule has 1 atom stereocenters. The van der Waals surface area contributed by atoms with Crippen molar-refractivity contribution in [3.8, 4) is 0 Å². The molecule has 16 heavy (non-hydrogen) atoms. The molecular formula is C8H9N3O3S2. The standard InChI is InChI=1S/C8H9N3O3S2/c1-15-7-9-8(16-10-7)11-3-4(6(13)14)2-5(11)12/h4H,2-3H2,1H3,(H,13,14). The van der Waals surface area contributed by atoms with Gasteiger partial charge in [-0.15, -0.1) is 0 Å². The van der Waals surface area contributed by atoms with Crippen LogP contribution in [0.25, 0.3) is 0 Å². The normalized spacial score (nSPS) is 20.4. The van der Waals surface area contributed by atoms with Crippen molar-refractivity contribution in [3.63, 3.8) is 0 Å². The molecule has 0 radical (unpaired) electrons. The molecule has 2 heterocycles. The van der Waals surface area contributed by atoms with Gasteiger partial charge in [0.2, 0.25) is 16.2 Å². The lowest BCUT2D eigenvalue weighted by Crippen LogP contribution is -2.25. The molecular weight excluding hydrogens is 250 g/mol. The van der Waals surface area contributed by atoms with E-state index in [1.165, 1.54) is 16.7 Å². The number of anilines is 1. The Morgan fingerprint density at radius 3 is 2.94 bits per heavy atom. The zero-order chi connectivity index (χ0) is 11.7. The molecule has 0 spiro atoms. The van der Waals surface area contributed by atoms with Crippen LogP contribution in [0.3, 0.4) is 0 Å². The van der Waals surface area contributed by atoms with Crippen molar-refractivity contribution < 1.29 is 14.7 Å². The van der Waals surface area contributed by atoms with Crippen molar-refractivity contribution in [1.29, 1.82) is 0 Å². The molecule has 1 amide bonds. The summed E-state index contributed by atoms with van der Waals surface area (Å²) in [5.74, 6) is -1.77. The van der Waals surface area contributed by atoms with Crippen LogP contribution in [0.4, 0.5) is 5.13 Å². The maximum absolute atomic E-state index is 11.6. The van der Waals surface area contributed by atoms with E-state index >= 15 is 0 Å². The topological polar surface area (TPSA) is 83.4 Å². The highest BCUT2D eigenvalue weighted by atomic mass is 32.2. The Morgan fingerprint density at radius 2 is 2.44 bits per heavy atom. The largest absolute Gasteiger partial charge is 0.481 e. The molecule has 1 aromatic heterocycles. The van der Waals surface area contributed by atoms with E-state index in [2.05, 4.69) is 9.36 Å². The summed E-state index contributed by atoms with van der Waals surface area (Å²) < 4.78 is 4.04. The SMILES string of the molecule is CSc1nsc(N2CC(C(=O)O)CC2=O)n1. The number of carbonyl (C=O) groups is 2. The van der Waals surface area contributed by atoms with E-state index < -0.39 is 11.9 Å². The molecule has 1 N–H and O–H groups in total. The number of carboxylic acids is 1. The number of carbonyl (C=O) groups excluding carboxylic acids is 1. The van der Waals surface area contributed by atoms with Crippen molar-refractivity contribution >= 4 is 40.3 Å². The lowest BCUT2D eigenvalue weighted by Gasteiger charge is -2.10. The zero-order valence-corrected chi connectivity index (χ0v) is 10.0. The van der Waals surface area contributed by atoms with Crippen molar-refractivity contribution in [2.75, 3.05) is 17.7 Å². The van der Waals surface area contributed by atoms with E-state index in [0.717, 1.165) is 11.5 Å². The summed E-state index contributed by atoms with van der Waals surface area (Å²) in [5, 5.41) is 9.92. The first kappa shape index (κ1) is 11.3. The van der Waals surface area contributed by atoms with E-state index in [1.807, 2.05) is 6.26 Å². The molecule has 2 rings (SSSR count). The molecule has 0 bridgehead atoms. The second kappa shape index (κ2) is 4.38. The van der Waals surface area contributed by atoms with Crippen molar-refractivity contribution in [1.82, 2.24) is 9.36 Å². The second-order valence-electron chi connectivity index (χ2n) is 3.31. The quantitative estimate of drug-likeness (QED) is 0.804. The van der Waals surface area contributed by atoms with Crippen LogP contribution < -0.4 is 4.90 Å². The number of thioether (sulfide) groups is 1. The number of aliphatic carboxylic acids is 1. The number of rotatable bonds is 3. The molecule has 1 aliphatic heterocycles. The van der Waals surface area contributed by atoms with Crippen LogP contribution in [-0.2, 0) is 9.59 Å². The third-order valence-corrected chi connectivity index (χ3v) is 3.69. The summed E-state index contributed by atoms with van der Waals surface area (Å²) in [7, 11) is 0. The zero-order valence-electron chi connectivity index (χ0n) is 8.41. The third kappa shape index (κ3) is 2.03. The summed E-state index contributed by atoms with van der Waals surface area (Å²) in [6, 6.07) is 0. The van der Waals surface area contributed by atoms with Crippen LogP contribution in [0.15, 0.2) is 5.16 Å². The predicted molar refractivity (Wildman–Crippen MR) is 59.8 cm³/mol. The molecule has 1 saturated heterocycles. The highest BCUT2D eigenvalue weighted by Gasteiger charge is 2.36. The third-order valence-electron chi connectivity index (χ3n) is 2.28. The van der Waals surface area contributed by atoms with E-state index in [0.29, 0.717) is 10.3 Å². The van der Waals surface area contributed by atoms with Crippen molar-refractivity contribution in [2.24, 2.45) is 5.92 Å². The Labute approximate surface area is 99.8 Å². The van der Waals surface area contributed by atoms with Gasteiger partial charge in [-0.05, 0) is 6.26 Å². The Hall–Kier alpha value is -1.15. The summed E-state index contributed by atoms with van der Waals surface area (Å²) in [6.07, 6.45) is 1.89. The van der Waals surface area contributed by atoms with Gasteiger partial charge in [0.1, 0.15) is 0 Å². The average Bonchev–Trinajstić information content (AvgIpc) is 2.83. The summed E-state index contributed by atoms with van der Waals surface area (Å²) in [4.78, 5) is 27.9. The van der Waals surface area contributed by atoms with Gasteiger partial charge in [-0.3, -0.25) is 14.5 Å². The maximum Gasteiger partial charge on any atom is 0.308 e. The molecule has 8 heteroatoms. The Balaban J connectivity index is 2.16. The van der Waals surface area contributed by atoms with Crippen LogP contribution in [0.1, 0.15) is 6.42 Å². The lowest BCUT2D eigenvalue weighted by atomic mass is 10.1. The molecule has 6 nitrogen and oxygen atoms in total. The highest BCUT2D eigenvalue weighted by molar-refractivity contribution is 7.98. The van der Waals surface area contributed by atoms with Gasteiger partial charge < -0.3 is 5.11 Å². The van der Waals surface area contributed by atoms with Gasteiger partial charge in [0.05, 0.1) is 5.92 Å². The average molecular weight is 259 g/mol. The van der Waals surface area contributed by atoms with E-state index in [4.69, 9.17) is 5.11 Å². The fraction of sp³-hybridized carbons (Fsp3) is 0.500. The molecule has 1 unspecified atom stereocenters. The number of carboxylic acid groups (broad SMARTS) is 1. The minimum absolute atomic E-state index is 0.0452. The van der Waals surface area contributed by atoms with Crippen LogP contribution >= 0.6 is 23.3 Å². The monoisotopic (exact) mass is 259 g/mol. The first-order valence-electron chi connectivity index (χ1n) is 4.52. The van der Waals surface area contributed by atoms with Crippen LogP contribution in [-0.4, -0.2) is 39.1 Å². The maximum atomic E-state index is 11.6. The van der Waals surface area contributed by atoms with Gasteiger partial charge in [-0.25, -0.2) is 0 Å². The predicted octanol–water partition coefficient (Wildman–Crippen LogP) is 0.698. The van der Waals surface area contributed by atoms with Gasteiger partial charge in [-0.1, -0.05) is 11.8 Å². The second-order valence-corrected chi connectivity index (χ2v) is 4.81. The number of nitrogens with zero attached hydrogens (tertiary/aromatic N) is 3. The number of aromatic nitrogens is 2. The molecule has 0 aliphatic carbocycles. The lowest BCUT2D eigenvalue weighted by molar-refractivity contribution is -0.141. The minimum atomic E-state index is -0.939. The van der Waals surface area contributed by atoms with E-state index in [9.17, 15) is 9.59 Å². The molecule has 1 aromatic rings.